The summed E-state index contributed by atoms with van der Waals surface area (Å²) in [5.74, 6) is 0.288. The second-order valence-corrected chi connectivity index (χ2v) is 6.88. The van der Waals surface area contributed by atoms with Crippen LogP contribution in [0.3, 0.4) is 0 Å². The van der Waals surface area contributed by atoms with Gasteiger partial charge in [-0.1, -0.05) is 18.2 Å². The van der Waals surface area contributed by atoms with Crippen molar-refractivity contribution >= 4 is 29.2 Å². The fourth-order valence-electron chi connectivity index (χ4n) is 3.11. The average molecular weight is 380 g/mol. The topological polar surface area (TPSA) is 100 Å². The highest BCUT2D eigenvalue weighted by Crippen LogP contribution is 2.24. The van der Waals surface area contributed by atoms with Crippen molar-refractivity contribution < 1.29 is 14.4 Å². The maximum absolute atomic E-state index is 11.9. The van der Waals surface area contributed by atoms with Gasteiger partial charge < -0.3 is 16.0 Å². The van der Waals surface area contributed by atoms with E-state index < -0.39 is 0 Å². The number of aryl methyl sites for hydroxylation is 2. The van der Waals surface area contributed by atoms with Gasteiger partial charge in [-0.15, -0.1) is 0 Å². The van der Waals surface area contributed by atoms with Crippen molar-refractivity contribution in [3.63, 3.8) is 0 Å². The van der Waals surface area contributed by atoms with Crippen LogP contribution in [0.25, 0.3) is 0 Å². The molecule has 0 aliphatic carbocycles. The quantitative estimate of drug-likeness (QED) is 0.654. The number of nitrogens with one attached hydrogen (secondary N) is 3. The van der Waals surface area contributed by atoms with E-state index in [-0.39, 0.29) is 24.1 Å². The van der Waals surface area contributed by atoms with Gasteiger partial charge in [-0.2, -0.15) is 0 Å². The predicted molar refractivity (Wildman–Crippen MR) is 107 cm³/mol. The molecule has 3 rings (SSSR count). The number of hydrogen-bond donors (Lipinski definition) is 3. The number of carbonyl (C=O) groups is 3. The van der Waals surface area contributed by atoms with Gasteiger partial charge in [-0.05, 0) is 49.1 Å². The van der Waals surface area contributed by atoms with Crippen LogP contribution >= 0.6 is 0 Å². The molecule has 7 heteroatoms. The van der Waals surface area contributed by atoms with Gasteiger partial charge in [0.15, 0.2) is 0 Å². The fourth-order valence-corrected chi connectivity index (χ4v) is 3.11. The third kappa shape index (κ3) is 5.64. The van der Waals surface area contributed by atoms with Crippen molar-refractivity contribution in [2.24, 2.45) is 0 Å². The van der Waals surface area contributed by atoms with Crippen LogP contribution in [0.15, 0.2) is 36.4 Å². The number of hydrogen-bond acceptors (Lipinski definition) is 4. The van der Waals surface area contributed by atoms with E-state index >= 15 is 0 Å². The van der Waals surface area contributed by atoms with E-state index in [4.69, 9.17) is 0 Å². The lowest BCUT2D eigenvalue weighted by Gasteiger charge is -2.07. The molecular weight excluding hydrogens is 356 g/mol. The van der Waals surface area contributed by atoms with Crippen LogP contribution in [0.2, 0.25) is 0 Å². The smallest absolute Gasteiger partial charge is 0.228 e. The Morgan fingerprint density at radius 1 is 1.14 bits per heavy atom. The summed E-state index contributed by atoms with van der Waals surface area (Å²) in [6.45, 7) is 2.15. The van der Waals surface area contributed by atoms with E-state index in [2.05, 4.69) is 20.9 Å². The molecule has 7 nitrogen and oxygen atoms in total. The Labute approximate surface area is 163 Å². The average Bonchev–Trinajstić information content (AvgIpc) is 3.01. The van der Waals surface area contributed by atoms with Crippen molar-refractivity contribution in [3.8, 4) is 0 Å². The minimum absolute atomic E-state index is 0.0220. The fraction of sp³-hybridized carbons (Fsp3) is 0.333. The zero-order valence-electron chi connectivity index (χ0n) is 15.9. The minimum atomic E-state index is -0.181. The molecule has 1 aromatic heterocycles. The number of fused-ring (bicyclic) bond motifs is 1. The zero-order valence-corrected chi connectivity index (χ0v) is 15.9. The minimum Gasteiger partial charge on any atom is -0.356 e. The third-order valence-electron chi connectivity index (χ3n) is 4.49. The summed E-state index contributed by atoms with van der Waals surface area (Å²) in [5, 5.41) is 8.29. The monoisotopic (exact) mass is 380 g/mol. The highest BCUT2D eigenvalue weighted by atomic mass is 16.2. The van der Waals surface area contributed by atoms with E-state index in [1.807, 2.05) is 37.3 Å². The molecule has 0 radical (unpaired) electrons. The van der Waals surface area contributed by atoms with Gasteiger partial charge in [-0.25, -0.2) is 4.98 Å². The van der Waals surface area contributed by atoms with E-state index in [1.54, 1.807) is 6.07 Å². The molecule has 146 valence electrons. The molecule has 0 fully saturated rings. The molecule has 2 heterocycles. The number of nitrogens with zero attached hydrogens (tertiary/aromatic N) is 1. The summed E-state index contributed by atoms with van der Waals surface area (Å²) in [4.78, 5) is 39.4. The van der Waals surface area contributed by atoms with Gasteiger partial charge in [0, 0.05) is 30.8 Å². The predicted octanol–water partition coefficient (Wildman–Crippen LogP) is 2.35. The Bertz CT molecular complexity index is 895. The van der Waals surface area contributed by atoms with Crippen molar-refractivity contribution in [1.29, 1.82) is 0 Å². The highest BCUT2D eigenvalue weighted by molar-refractivity contribution is 5.99. The highest BCUT2D eigenvalue weighted by Gasteiger charge is 2.17. The lowest BCUT2D eigenvalue weighted by atomic mass is 10.0. The van der Waals surface area contributed by atoms with E-state index in [0.29, 0.717) is 31.6 Å². The van der Waals surface area contributed by atoms with Crippen LogP contribution in [-0.4, -0.2) is 29.3 Å². The molecular formula is C21H24N4O3. The van der Waals surface area contributed by atoms with Crippen molar-refractivity contribution in [3.05, 3.63) is 53.2 Å². The maximum atomic E-state index is 11.9. The van der Waals surface area contributed by atoms with E-state index in [1.165, 1.54) is 0 Å². The number of pyridine rings is 1. The van der Waals surface area contributed by atoms with Crippen molar-refractivity contribution in [2.75, 3.05) is 17.2 Å². The SMILES string of the molecule is Cc1cccc(NC(=O)CCNC(=O)CCCc2ccc3c(c2)CC(=O)N3)n1. The number of carbonyl (C=O) groups excluding carboxylic acids is 3. The van der Waals surface area contributed by atoms with Crippen molar-refractivity contribution in [1.82, 2.24) is 10.3 Å². The van der Waals surface area contributed by atoms with Gasteiger partial charge in [0.1, 0.15) is 5.82 Å². The largest absolute Gasteiger partial charge is 0.356 e. The molecule has 0 unspecified atom stereocenters. The standard InChI is InChI=1S/C21H24N4O3/c1-14-4-2-6-18(23-14)25-20(27)10-11-22-19(26)7-3-5-15-8-9-17-16(12-15)13-21(28)24-17/h2,4,6,8-9,12H,3,5,7,10-11,13H2,1H3,(H,22,26)(H,24,28)(H,23,25,27). The molecule has 0 spiro atoms. The lowest BCUT2D eigenvalue weighted by molar-refractivity contribution is -0.121. The van der Waals surface area contributed by atoms with E-state index in [0.717, 1.165) is 28.9 Å². The second-order valence-electron chi connectivity index (χ2n) is 6.88. The Hall–Kier alpha value is -3.22. The molecule has 3 amide bonds. The van der Waals surface area contributed by atoms with Crippen molar-refractivity contribution in [2.45, 2.75) is 39.0 Å². The van der Waals surface area contributed by atoms with Gasteiger partial charge >= 0.3 is 0 Å². The van der Waals surface area contributed by atoms with E-state index in [9.17, 15) is 14.4 Å². The Balaban J connectivity index is 1.32. The first kappa shape index (κ1) is 19.5. The molecule has 1 aliphatic rings. The maximum Gasteiger partial charge on any atom is 0.228 e. The number of benzene rings is 1. The molecule has 0 bridgehead atoms. The molecule has 28 heavy (non-hydrogen) atoms. The van der Waals surface area contributed by atoms with Crippen LogP contribution in [0, 0.1) is 6.92 Å². The summed E-state index contributed by atoms with van der Waals surface area (Å²) in [6.07, 6.45) is 2.51. The molecule has 1 aliphatic heterocycles. The van der Waals surface area contributed by atoms with Crippen LogP contribution < -0.4 is 16.0 Å². The lowest BCUT2D eigenvalue weighted by Crippen LogP contribution is -2.27. The van der Waals surface area contributed by atoms with Gasteiger partial charge in [0.05, 0.1) is 6.42 Å². The summed E-state index contributed by atoms with van der Waals surface area (Å²) in [6, 6.07) is 11.3. The first-order valence-electron chi connectivity index (χ1n) is 9.41. The van der Waals surface area contributed by atoms with Crippen LogP contribution in [0.1, 0.15) is 36.1 Å². The third-order valence-corrected chi connectivity index (χ3v) is 4.49. The summed E-state index contributed by atoms with van der Waals surface area (Å²) >= 11 is 0. The molecule has 1 aromatic carbocycles. The normalized spacial score (nSPS) is 12.2. The number of anilines is 2. The molecule has 0 atom stereocenters. The number of rotatable bonds is 8. The van der Waals surface area contributed by atoms with Crippen LogP contribution in [0.4, 0.5) is 11.5 Å². The van der Waals surface area contributed by atoms with Gasteiger partial charge in [-0.3, -0.25) is 14.4 Å². The van der Waals surface area contributed by atoms with Crippen LogP contribution in [0.5, 0.6) is 0 Å². The first-order valence-corrected chi connectivity index (χ1v) is 9.41. The number of amides is 3. The summed E-state index contributed by atoms with van der Waals surface area (Å²) < 4.78 is 0. The summed E-state index contributed by atoms with van der Waals surface area (Å²) in [7, 11) is 0. The van der Waals surface area contributed by atoms with Gasteiger partial charge in [0.25, 0.3) is 0 Å². The Morgan fingerprint density at radius 2 is 2.00 bits per heavy atom. The number of aromatic nitrogens is 1. The second kappa shape index (κ2) is 9.12. The summed E-state index contributed by atoms with van der Waals surface area (Å²) in [5.41, 5.74) is 3.84. The van der Waals surface area contributed by atoms with Crippen LogP contribution in [-0.2, 0) is 27.2 Å². The van der Waals surface area contributed by atoms with Gasteiger partial charge in [0.2, 0.25) is 17.7 Å². The Kier molecular flexibility index (Phi) is 6.37. The zero-order chi connectivity index (χ0) is 19.9. The molecule has 0 saturated heterocycles. The molecule has 0 saturated carbocycles. The Morgan fingerprint density at radius 3 is 2.82 bits per heavy atom. The first-order chi connectivity index (χ1) is 13.5. The molecule has 3 N–H and O–H groups in total. The molecule has 2 aromatic rings.